The highest BCUT2D eigenvalue weighted by Gasteiger charge is 2.23. The molecule has 4 aromatic heterocycles. The van der Waals surface area contributed by atoms with Gasteiger partial charge in [-0.15, -0.1) is 5.10 Å². The monoisotopic (exact) mass is 487 g/mol. The molecule has 0 amide bonds. The molecular weight excluding hydrogens is 465 g/mol. The van der Waals surface area contributed by atoms with Crippen LogP contribution < -0.4 is 16.2 Å². The molecule has 1 aromatic carbocycles. The van der Waals surface area contributed by atoms with Gasteiger partial charge in [0.1, 0.15) is 5.82 Å². The molecule has 0 saturated heterocycles. The smallest absolute Gasteiger partial charge is 0.353 e. The third-order valence-electron chi connectivity index (χ3n) is 5.67. The van der Waals surface area contributed by atoms with Crippen LogP contribution in [0.4, 0.5) is 10.3 Å². The molecule has 0 aliphatic carbocycles. The van der Waals surface area contributed by atoms with Gasteiger partial charge in [-0.3, -0.25) is 4.98 Å². The van der Waals surface area contributed by atoms with Crippen molar-refractivity contribution >= 4 is 11.6 Å². The number of hydrogen-bond donors (Lipinski definition) is 2. The number of fused-ring (bicyclic) bond motifs is 1. The maximum Gasteiger partial charge on any atom is 0.353 e. The largest absolute Gasteiger partial charge is 0.481 e. The summed E-state index contributed by atoms with van der Waals surface area (Å²) in [6.45, 7) is 1.70. The highest BCUT2D eigenvalue weighted by molar-refractivity contribution is 5.91. The summed E-state index contributed by atoms with van der Waals surface area (Å²) < 4.78 is 21.5. The number of methoxy groups -OCH3 is 1. The number of anilines is 1. The Hall–Kier alpha value is -4.64. The van der Waals surface area contributed by atoms with Crippen LogP contribution in [0.2, 0.25) is 0 Å². The van der Waals surface area contributed by atoms with E-state index in [1.54, 1.807) is 30.5 Å². The number of halogens is 1. The van der Waals surface area contributed by atoms with Gasteiger partial charge >= 0.3 is 5.69 Å². The van der Waals surface area contributed by atoms with E-state index >= 15 is 0 Å². The van der Waals surface area contributed by atoms with E-state index in [1.165, 1.54) is 28.3 Å². The maximum atomic E-state index is 13.7. The molecule has 5 aromatic rings. The Morgan fingerprint density at radius 2 is 1.83 bits per heavy atom. The number of aryl methyl sites for hydroxylation is 1. The summed E-state index contributed by atoms with van der Waals surface area (Å²) in [5.41, 5.74) is 9.88. The number of nitrogens with zero attached hydrogens (tertiary/aromatic N) is 6. The summed E-state index contributed by atoms with van der Waals surface area (Å²) in [5.74, 6) is -0.236. The molecule has 0 fully saturated rings. The van der Waals surface area contributed by atoms with E-state index in [1.807, 2.05) is 19.1 Å². The molecule has 5 rings (SSSR count). The van der Waals surface area contributed by atoms with Gasteiger partial charge in [0.25, 0.3) is 0 Å². The SMILES string of the molecule is COc1cc(-c2c(-c3ccc(F)cc3)nc(N)n3c(=O)n(Cc4ccc(C)cn4)nc23)cc(CO)n1. The van der Waals surface area contributed by atoms with Gasteiger partial charge in [-0.1, -0.05) is 6.07 Å². The number of aromatic nitrogens is 6. The number of pyridine rings is 2. The molecule has 0 spiro atoms. The van der Waals surface area contributed by atoms with E-state index in [0.717, 1.165) is 5.56 Å². The van der Waals surface area contributed by atoms with Gasteiger partial charge in [-0.2, -0.15) is 0 Å². The zero-order valence-corrected chi connectivity index (χ0v) is 19.5. The number of benzene rings is 1. The molecule has 36 heavy (non-hydrogen) atoms. The lowest BCUT2D eigenvalue weighted by molar-refractivity contribution is 0.274. The molecule has 182 valence electrons. The lowest BCUT2D eigenvalue weighted by Crippen LogP contribution is -2.24. The predicted molar refractivity (Wildman–Crippen MR) is 131 cm³/mol. The number of nitrogen functional groups attached to an aromatic ring is 1. The second-order valence-electron chi connectivity index (χ2n) is 8.17. The summed E-state index contributed by atoms with van der Waals surface area (Å²) in [6, 6.07) is 12.7. The standard InChI is InChI=1S/C25H22FN7O3/c1-14-3-8-18(28-11-14)12-32-25(35)33-23(31-32)21(16-9-19(13-34)29-20(10-16)36-2)22(30-24(33)27)15-4-6-17(26)7-5-15/h3-11,34H,12-13H2,1-2H3,(H2,27,30). The molecule has 11 heteroatoms. The van der Waals surface area contributed by atoms with Crippen LogP contribution in [-0.2, 0) is 13.2 Å². The van der Waals surface area contributed by atoms with Crippen molar-refractivity contribution in [2.24, 2.45) is 0 Å². The second kappa shape index (κ2) is 9.19. The maximum absolute atomic E-state index is 13.7. The van der Waals surface area contributed by atoms with Crippen LogP contribution in [0, 0.1) is 12.7 Å². The van der Waals surface area contributed by atoms with Crippen molar-refractivity contribution in [2.75, 3.05) is 12.8 Å². The van der Waals surface area contributed by atoms with E-state index in [9.17, 15) is 14.3 Å². The molecular formula is C25H22FN7O3. The molecule has 0 atom stereocenters. The Balaban J connectivity index is 1.81. The number of rotatable bonds is 6. The van der Waals surface area contributed by atoms with E-state index in [-0.39, 0.29) is 30.6 Å². The van der Waals surface area contributed by atoms with Gasteiger partial charge in [0.2, 0.25) is 11.8 Å². The van der Waals surface area contributed by atoms with E-state index < -0.39 is 11.5 Å². The molecule has 0 aliphatic rings. The fraction of sp³-hybridized carbons (Fsp3) is 0.160. The van der Waals surface area contributed by atoms with Crippen molar-refractivity contribution in [1.29, 1.82) is 0 Å². The van der Waals surface area contributed by atoms with Crippen LogP contribution in [-0.4, -0.2) is 41.3 Å². The van der Waals surface area contributed by atoms with Crippen molar-refractivity contribution in [3.05, 3.63) is 88.0 Å². The summed E-state index contributed by atoms with van der Waals surface area (Å²) in [7, 11) is 1.46. The lowest BCUT2D eigenvalue weighted by atomic mass is 10.00. The quantitative estimate of drug-likeness (QED) is 0.373. The lowest BCUT2D eigenvalue weighted by Gasteiger charge is -2.13. The number of aliphatic hydroxyl groups is 1. The zero-order chi connectivity index (χ0) is 25.4. The topological polar surface area (TPSA) is 133 Å². The predicted octanol–water partition coefficient (Wildman–Crippen LogP) is 2.59. The minimum absolute atomic E-state index is 0.0791. The van der Waals surface area contributed by atoms with Crippen LogP contribution in [0.3, 0.4) is 0 Å². The van der Waals surface area contributed by atoms with Crippen molar-refractivity contribution < 1.29 is 14.2 Å². The van der Waals surface area contributed by atoms with Crippen molar-refractivity contribution in [1.82, 2.24) is 29.1 Å². The van der Waals surface area contributed by atoms with Gasteiger partial charge in [-0.25, -0.2) is 28.2 Å². The first-order chi connectivity index (χ1) is 17.4. The van der Waals surface area contributed by atoms with Crippen LogP contribution in [0.15, 0.2) is 59.5 Å². The first-order valence-corrected chi connectivity index (χ1v) is 11.0. The average Bonchev–Trinajstić information content (AvgIpc) is 3.21. The Kier molecular flexibility index (Phi) is 5.90. The molecule has 0 aliphatic heterocycles. The van der Waals surface area contributed by atoms with Crippen molar-refractivity contribution in [2.45, 2.75) is 20.1 Å². The number of ether oxygens (including phenoxy) is 1. The van der Waals surface area contributed by atoms with Gasteiger partial charge in [0.15, 0.2) is 5.65 Å². The zero-order valence-electron chi connectivity index (χ0n) is 19.5. The third-order valence-corrected chi connectivity index (χ3v) is 5.67. The van der Waals surface area contributed by atoms with Crippen LogP contribution >= 0.6 is 0 Å². The normalized spacial score (nSPS) is 11.2. The summed E-state index contributed by atoms with van der Waals surface area (Å²) in [6.07, 6.45) is 1.71. The second-order valence-corrected chi connectivity index (χ2v) is 8.17. The Morgan fingerprint density at radius 3 is 2.50 bits per heavy atom. The van der Waals surface area contributed by atoms with Gasteiger partial charge in [0, 0.05) is 17.8 Å². The van der Waals surface area contributed by atoms with Crippen LogP contribution in [0.25, 0.3) is 28.0 Å². The van der Waals surface area contributed by atoms with Crippen LogP contribution in [0.5, 0.6) is 5.88 Å². The van der Waals surface area contributed by atoms with Crippen LogP contribution in [0.1, 0.15) is 17.0 Å². The van der Waals surface area contributed by atoms with E-state index in [4.69, 9.17) is 10.5 Å². The first-order valence-electron chi connectivity index (χ1n) is 11.0. The molecule has 0 saturated carbocycles. The van der Waals surface area contributed by atoms with E-state index in [2.05, 4.69) is 20.1 Å². The Bertz CT molecular complexity index is 1610. The Morgan fingerprint density at radius 1 is 1.06 bits per heavy atom. The number of hydrogen-bond acceptors (Lipinski definition) is 8. The highest BCUT2D eigenvalue weighted by atomic mass is 19.1. The molecule has 3 N–H and O–H groups in total. The fourth-order valence-corrected chi connectivity index (χ4v) is 3.92. The third kappa shape index (κ3) is 4.16. The number of nitrogens with two attached hydrogens (primary N) is 1. The van der Waals surface area contributed by atoms with Gasteiger partial charge < -0.3 is 15.6 Å². The minimum atomic E-state index is -0.493. The average molecular weight is 487 g/mol. The van der Waals surface area contributed by atoms with Gasteiger partial charge in [-0.05, 0) is 54.4 Å². The van der Waals surface area contributed by atoms with Crippen molar-refractivity contribution in [3.63, 3.8) is 0 Å². The van der Waals surface area contributed by atoms with Crippen molar-refractivity contribution in [3.8, 4) is 28.3 Å². The first kappa shape index (κ1) is 23.1. The van der Waals surface area contributed by atoms with E-state index in [0.29, 0.717) is 33.8 Å². The molecule has 4 heterocycles. The Labute approximate surface area is 204 Å². The van der Waals surface area contributed by atoms with Gasteiger partial charge in [0.05, 0.1) is 42.9 Å². The number of aliphatic hydroxyl groups excluding tert-OH is 1. The fourth-order valence-electron chi connectivity index (χ4n) is 3.92. The molecule has 0 bridgehead atoms. The molecule has 10 nitrogen and oxygen atoms in total. The summed E-state index contributed by atoms with van der Waals surface area (Å²) in [5, 5.41) is 14.3. The minimum Gasteiger partial charge on any atom is -0.481 e. The highest BCUT2D eigenvalue weighted by Crippen LogP contribution is 2.36. The molecule has 0 unspecified atom stereocenters. The summed E-state index contributed by atoms with van der Waals surface area (Å²) >= 11 is 0. The summed E-state index contributed by atoms with van der Waals surface area (Å²) in [4.78, 5) is 26.4. The molecule has 0 radical (unpaired) electrons.